The Labute approximate surface area is 96.1 Å². The number of furan rings is 1. The van der Waals surface area contributed by atoms with Crippen molar-refractivity contribution in [3.63, 3.8) is 0 Å². The van der Waals surface area contributed by atoms with Crippen LogP contribution in [0.4, 0.5) is 0 Å². The van der Waals surface area contributed by atoms with Crippen molar-refractivity contribution in [1.82, 2.24) is 9.88 Å². The van der Waals surface area contributed by atoms with Crippen LogP contribution in [-0.2, 0) is 13.1 Å². The minimum absolute atomic E-state index is 0.246. The Morgan fingerprint density at radius 2 is 2.25 bits per heavy atom. The summed E-state index contributed by atoms with van der Waals surface area (Å²) in [5.41, 5.74) is 1.31. The molecule has 2 rings (SSSR count). The highest BCUT2D eigenvalue weighted by Crippen LogP contribution is 2.13. The first-order valence-corrected chi connectivity index (χ1v) is 5.72. The second kappa shape index (κ2) is 5.03. The summed E-state index contributed by atoms with van der Waals surface area (Å²) >= 11 is 0. The molecule has 86 valence electrons. The first-order valence-electron chi connectivity index (χ1n) is 5.72. The molecule has 2 aromatic heterocycles. The van der Waals surface area contributed by atoms with Crippen LogP contribution in [0.25, 0.3) is 0 Å². The quantitative estimate of drug-likeness (QED) is 0.836. The molecule has 2 heterocycles. The van der Waals surface area contributed by atoms with Crippen molar-refractivity contribution >= 4 is 0 Å². The minimum Gasteiger partial charge on any atom is -0.468 e. The predicted octanol–water partition coefficient (Wildman–Crippen LogP) is 2.95. The van der Waals surface area contributed by atoms with Gasteiger partial charge in [0.15, 0.2) is 0 Å². The van der Waals surface area contributed by atoms with Gasteiger partial charge in [0.1, 0.15) is 5.76 Å². The summed E-state index contributed by atoms with van der Waals surface area (Å²) in [6, 6.07) is 8.39. The fraction of sp³-hybridized carbons (Fsp3) is 0.385. The zero-order valence-electron chi connectivity index (χ0n) is 9.81. The average molecular weight is 218 g/mol. The van der Waals surface area contributed by atoms with Gasteiger partial charge in [-0.15, -0.1) is 0 Å². The lowest BCUT2D eigenvalue weighted by Crippen LogP contribution is -2.19. The molecule has 0 aliphatic carbocycles. The number of nitrogens with one attached hydrogen (secondary N) is 1. The molecule has 0 aliphatic rings. The number of hydrogen-bond donors (Lipinski definition) is 1. The maximum absolute atomic E-state index is 5.35. The van der Waals surface area contributed by atoms with E-state index in [0.717, 1.165) is 18.8 Å². The summed E-state index contributed by atoms with van der Waals surface area (Å²) in [7, 11) is 0. The highest BCUT2D eigenvalue weighted by atomic mass is 16.3. The molecule has 1 N–H and O–H groups in total. The summed E-state index contributed by atoms with van der Waals surface area (Å²) in [6.07, 6.45) is 3.82. The van der Waals surface area contributed by atoms with Gasteiger partial charge in [-0.1, -0.05) is 0 Å². The van der Waals surface area contributed by atoms with E-state index in [9.17, 15) is 0 Å². The van der Waals surface area contributed by atoms with Gasteiger partial charge in [0.25, 0.3) is 0 Å². The van der Waals surface area contributed by atoms with Crippen molar-refractivity contribution < 1.29 is 4.42 Å². The van der Waals surface area contributed by atoms with Crippen LogP contribution in [0.5, 0.6) is 0 Å². The molecule has 3 nitrogen and oxygen atoms in total. The largest absolute Gasteiger partial charge is 0.468 e. The molecule has 1 atom stereocenters. The summed E-state index contributed by atoms with van der Waals surface area (Å²) in [6.45, 7) is 6.14. The van der Waals surface area contributed by atoms with E-state index >= 15 is 0 Å². The van der Waals surface area contributed by atoms with E-state index in [-0.39, 0.29) is 6.04 Å². The molecule has 0 bridgehead atoms. The highest BCUT2D eigenvalue weighted by molar-refractivity contribution is 5.08. The summed E-state index contributed by atoms with van der Waals surface area (Å²) in [5.74, 6) is 0.981. The molecular weight excluding hydrogens is 200 g/mol. The molecule has 0 saturated carbocycles. The SMILES string of the molecule is CCn1cccc1CN[C@H](C)c1ccco1. The Morgan fingerprint density at radius 1 is 1.38 bits per heavy atom. The van der Waals surface area contributed by atoms with E-state index in [1.165, 1.54) is 5.69 Å². The van der Waals surface area contributed by atoms with Crippen LogP contribution in [0.2, 0.25) is 0 Å². The minimum atomic E-state index is 0.246. The van der Waals surface area contributed by atoms with E-state index < -0.39 is 0 Å². The van der Waals surface area contributed by atoms with Crippen molar-refractivity contribution in [1.29, 1.82) is 0 Å². The van der Waals surface area contributed by atoms with Crippen LogP contribution in [0.1, 0.15) is 31.3 Å². The van der Waals surface area contributed by atoms with E-state index in [1.54, 1.807) is 6.26 Å². The maximum Gasteiger partial charge on any atom is 0.120 e. The van der Waals surface area contributed by atoms with Crippen molar-refractivity contribution in [3.8, 4) is 0 Å². The van der Waals surface area contributed by atoms with E-state index in [1.807, 2.05) is 12.1 Å². The maximum atomic E-state index is 5.35. The fourth-order valence-electron chi connectivity index (χ4n) is 1.81. The van der Waals surface area contributed by atoms with E-state index in [4.69, 9.17) is 4.42 Å². The van der Waals surface area contributed by atoms with Crippen LogP contribution >= 0.6 is 0 Å². The van der Waals surface area contributed by atoms with Gasteiger partial charge in [0, 0.05) is 25.0 Å². The Kier molecular flexibility index (Phi) is 3.47. The van der Waals surface area contributed by atoms with Crippen LogP contribution in [0.3, 0.4) is 0 Å². The lowest BCUT2D eigenvalue weighted by Gasteiger charge is -2.12. The number of aryl methyl sites for hydroxylation is 1. The first kappa shape index (κ1) is 11.0. The molecule has 0 radical (unpaired) electrons. The van der Waals surface area contributed by atoms with Gasteiger partial charge in [-0.3, -0.25) is 0 Å². The third kappa shape index (κ3) is 2.36. The van der Waals surface area contributed by atoms with Crippen LogP contribution in [-0.4, -0.2) is 4.57 Å². The van der Waals surface area contributed by atoms with Crippen LogP contribution in [0, 0.1) is 0 Å². The third-order valence-corrected chi connectivity index (χ3v) is 2.82. The van der Waals surface area contributed by atoms with Gasteiger partial charge in [-0.25, -0.2) is 0 Å². The molecule has 0 fully saturated rings. The van der Waals surface area contributed by atoms with Crippen molar-refractivity contribution in [3.05, 3.63) is 48.2 Å². The molecule has 2 aromatic rings. The summed E-state index contributed by atoms with van der Waals surface area (Å²) < 4.78 is 7.59. The standard InChI is InChI=1S/C13H18N2O/c1-3-15-8-4-6-12(15)10-14-11(2)13-7-5-9-16-13/h4-9,11,14H,3,10H2,1-2H3/t11-/m1/s1. The Balaban J connectivity index is 1.92. The number of rotatable bonds is 5. The molecule has 3 heteroatoms. The summed E-state index contributed by atoms with van der Waals surface area (Å²) in [4.78, 5) is 0. The topological polar surface area (TPSA) is 30.1 Å². The zero-order chi connectivity index (χ0) is 11.4. The lowest BCUT2D eigenvalue weighted by molar-refractivity contribution is 0.426. The van der Waals surface area contributed by atoms with Crippen LogP contribution < -0.4 is 5.32 Å². The van der Waals surface area contributed by atoms with Gasteiger partial charge < -0.3 is 14.3 Å². The molecule has 0 aliphatic heterocycles. The van der Waals surface area contributed by atoms with Gasteiger partial charge >= 0.3 is 0 Å². The molecule has 0 spiro atoms. The Bertz CT molecular complexity index is 417. The monoisotopic (exact) mass is 218 g/mol. The molecule has 16 heavy (non-hydrogen) atoms. The smallest absolute Gasteiger partial charge is 0.120 e. The second-order valence-corrected chi connectivity index (χ2v) is 3.90. The number of aromatic nitrogens is 1. The van der Waals surface area contributed by atoms with E-state index in [0.29, 0.717) is 0 Å². The number of nitrogens with zero attached hydrogens (tertiary/aromatic N) is 1. The molecule has 0 aromatic carbocycles. The van der Waals surface area contributed by atoms with Gasteiger partial charge in [0.2, 0.25) is 0 Å². The fourth-order valence-corrected chi connectivity index (χ4v) is 1.81. The van der Waals surface area contributed by atoms with Gasteiger partial charge in [-0.2, -0.15) is 0 Å². The first-order chi connectivity index (χ1) is 7.81. The normalized spacial score (nSPS) is 12.9. The predicted molar refractivity (Wildman–Crippen MR) is 64.1 cm³/mol. The van der Waals surface area contributed by atoms with Crippen molar-refractivity contribution in [2.75, 3.05) is 0 Å². The Morgan fingerprint density at radius 3 is 2.94 bits per heavy atom. The molecule has 0 amide bonds. The van der Waals surface area contributed by atoms with Crippen molar-refractivity contribution in [2.45, 2.75) is 33.0 Å². The summed E-state index contributed by atoms with van der Waals surface area (Å²) in [5, 5.41) is 3.45. The lowest BCUT2D eigenvalue weighted by atomic mass is 10.2. The van der Waals surface area contributed by atoms with Crippen LogP contribution in [0.15, 0.2) is 41.1 Å². The molecule has 0 unspecified atom stereocenters. The second-order valence-electron chi connectivity index (χ2n) is 3.90. The van der Waals surface area contributed by atoms with Gasteiger partial charge in [0.05, 0.1) is 12.3 Å². The zero-order valence-corrected chi connectivity index (χ0v) is 9.81. The van der Waals surface area contributed by atoms with Gasteiger partial charge in [-0.05, 0) is 38.1 Å². The average Bonchev–Trinajstić information content (AvgIpc) is 2.96. The highest BCUT2D eigenvalue weighted by Gasteiger charge is 2.08. The third-order valence-electron chi connectivity index (χ3n) is 2.82. The Hall–Kier alpha value is -1.48. The molecular formula is C13H18N2O. The number of hydrogen-bond acceptors (Lipinski definition) is 2. The molecule has 0 saturated heterocycles. The van der Waals surface area contributed by atoms with Crippen molar-refractivity contribution in [2.24, 2.45) is 0 Å². The van der Waals surface area contributed by atoms with E-state index in [2.05, 4.69) is 42.1 Å².